The number of rotatable bonds is 4. The van der Waals surface area contributed by atoms with E-state index in [0.717, 1.165) is 0 Å². The Kier molecular flexibility index (Phi) is 4.68. The van der Waals surface area contributed by atoms with Gasteiger partial charge in [0, 0.05) is 26.7 Å². The van der Waals surface area contributed by atoms with Crippen molar-refractivity contribution in [1.29, 1.82) is 0 Å². The van der Waals surface area contributed by atoms with E-state index in [1.165, 1.54) is 20.4 Å². The Morgan fingerprint density at radius 2 is 2.00 bits per heavy atom. The van der Waals surface area contributed by atoms with Crippen molar-refractivity contribution < 1.29 is 14.0 Å². The summed E-state index contributed by atoms with van der Waals surface area (Å²) in [5.41, 5.74) is 6.74. The first-order chi connectivity index (χ1) is 12.3. The number of carbonyl (C=O) groups excluding carboxylic acids is 2. The van der Waals surface area contributed by atoms with Crippen LogP contribution in [0.1, 0.15) is 10.4 Å². The topological polar surface area (TPSA) is 110 Å². The molecular weight excluding hydrogens is 404 g/mol. The van der Waals surface area contributed by atoms with Gasteiger partial charge in [0.1, 0.15) is 5.82 Å². The lowest BCUT2D eigenvalue weighted by Crippen LogP contribution is -2.37. The SMILES string of the molecule is CN(C)C(=O)CN(C)C(=O)c1cc(N)n2nc(-c3ccc(Br)o3)nc2c1. The molecule has 0 radical (unpaired) electrons. The number of hydrogen-bond acceptors (Lipinski definition) is 6. The molecule has 136 valence electrons. The lowest BCUT2D eigenvalue weighted by Gasteiger charge is -2.19. The molecule has 0 atom stereocenters. The minimum absolute atomic E-state index is 0.0325. The Bertz CT molecular complexity index is 993. The van der Waals surface area contributed by atoms with E-state index in [1.54, 1.807) is 39.3 Å². The van der Waals surface area contributed by atoms with Crippen molar-refractivity contribution in [3.8, 4) is 11.6 Å². The number of carbonyl (C=O) groups is 2. The number of nitrogens with zero attached hydrogens (tertiary/aromatic N) is 5. The Morgan fingerprint density at radius 3 is 2.62 bits per heavy atom. The first-order valence-corrected chi connectivity index (χ1v) is 8.43. The molecule has 0 aromatic carbocycles. The van der Waals surface area contributed by atoms with Gasteiger partial charge in [-0.05, 0) is 40.2 Å². The van der Waals surface area contributed by atoms with Crippen LogP contribution in [0.5, 0.6) is 0 Å². The van der Waals surface area contributed by atoms with Gasteiger partial charge in [0.2, 0.25) is 11.7 Å². The highest BCUT2D eigenvalue weighted by molar-refractivity contribution is 9.10. The molecule has 0 spiro atoms. The predicted octanol–water partition coefficient (Wildman–Crippen LogP) is 1.49. The molecule has 0 aliphatic heterocycles. The fourth-order valence-electron chi connectivity index (χ4n) is 2.31. The Labute approximate surface area is 157 Å². The van der Waals surface area contributed by atoms with Gasteiger partial charge in [-0.2, -0.15) is 4.52 Å². The van der Waals surface area contributed by atoms with Crippen molar-refractivity contribution in [1.82, 2.24) is 24.4 Å². The highest BCUT2D eigenvalue weighted by atomic mass is 79.9. The molecule has 0 saturated carbocycles. The number of fused-ring (bicyclic) bond motifs is 1. The second-order valence-corrected chi connectivity index (χ2v) is 6.71. The van der Waals surface area contributed by atoms with Gasteiger partial charge >= 0.3 is 0 Å². The van der Waals surface area contributed by atoms with E-state index in [4.69, 9.17) is 10.2 Å². The number of anilines is 1. The summed E-state index contributed by atoms with van der Waals surface area (Å²) in [6.45, 7) is -0.0325. The summed E-state index contributed by atoms with van der Waals surface area (Å²) in [4.78, 5) is 31.5. The molecule has 0 aliphatic rings. The van der Waals surface area contributed by atoms with Crippen LogP contribution in [0.4, 0.5) is 5.82 Å². The second-order valence-electron chi connectivity index (χ2n) is 5.93. The zero-order valence-electron chi connectivity index (χ0n) is 14.4. The van der Waals surface area contributed by atoms with Gasteiger partial charge in [0.25, 0.3) is 5.91 Å². The fourth-order valence-corrected chi connectivity index (χ4v) is 2.61. The smallest absolute Gasteiger partial charge is 0.254 e. The monoisotopic (exact) mass is 420 g/mol. The standard InChI is InChI=1S/C16H17BrN6O3/c1-21(2)14(24)8-22(3)16(25)9-6-12(18)23-13(7-9)19-15(20-23)10-4-5-11(17)26-10/h4-7H,8,18H2,1-3H3. The van der Waals surface area contributed by atoms with Gasteiger partial charge < -0.3 is 20.0 Å². The van der Waals surface area contributed by atoms with Crippen molar-refractivity contribution in [3.63, 3.8) is 0 Å². The predicted molar refractivity (Wildman–Crippen MR) is 98.5 cm³/mol. The van der Waals surface area contributed by atoms with Crippen LogP contribution in [0.3, 0.4) is 0 Å². The van der Waals surface area contributed by atoms with E-state index in [0.29, 0.717) is 27.5 Å². The molecule has 26 heavy (non-hydrogen) atoms. The summed E-state index contributed by atoms with van der Waals surface area (Å²) in [7, 11) is 4.82. The summed E-state index contributed by atoms with van der Waals surface area (Å²) >= 11 is 3.23. The molecular formula is C16H17BrN6O3. The molecule has 3 rings (SSSR count). The maximum absolute atomic E-state index is 12.6. The maximum Gasteiger partial charge on any atom is 0.254 e. The molecule has 3 aromatic rings. The number of aromatic nitrogens is 3. The van der Waals surface area contributed by atoms with Gasteiger partial charge in [-0.25, -0.2) is 4.98 Å². The zero-order valence-corrected chi connectivity index (χ0v) is 16.0. The average molecular weight is 421 g/mol. The van der Waals surface area contributed by atoms with E-state index < -0.39 is 0 Å². The first-order valence-electron chi connectivity index (χ1n) is 7.64. The van der Waals surface area contributed by atoms with Gasteiger partial charge in [0.15, 0.2) is 16.1 Å². The van der Waals surface area contributed by atoms with Gasteiger partial charge in [-0.3, -0.25) is 9.59 Å². The molecule has 10 heteroatoms. The largest absolute Gasteiger partial charge is 0.446 e. The Hall–Kier alpha value is -2.88. The summed E-state index contributed by atoms with van der Waals surface area (Å²) in [6.07, 6.45) is 0. The number of amides is 2. The van der Waals surface area contributed by atoms with Crippen molar-refractivity contribution in [2.24, 2.45) is 0 Å². The van der Waals surface area contributed by atoms with Crippen LogP contribution in [0.2, 0.25) is 0 Å². The summed E-state index contributed by atoms with van der Waals surface area (Å²) in [5, 5.41) is 4.29. The highest BCUT2D eigenvalue weighted by Crippen LogP contribution is 2.24. The second kappa shape index (κ2) is 6.79. The number of pyridine rings is 1. The van der Waals surface area contributed by atoms with Crippen LogP contribution >= 0.6 is 15.9 Å². The third kappa shape index (κ3) is 3.40. The average Bonchev–Trinajstić information content (AvgIpc) is 3.20. The van der Waals surface area contributed by atoms with Crippen LogP contribution in [-0.2, 0) is 4.79 Å². The summed E-state index contributed by atoms with van der Waals surface area (Å²) in [6, 6.07) is 6.53. The molecule has 2 amide bonds. The minimum atomic E-state index is -0.334. The molecule has 3 heterocycles. The van der Waals surface area contributed by atoms with Crippen LogP contribution in [0, 0.1) is 0 Å². The Balaban J connectivity index is 1.93. The normalized spacial score (nSPS) is 10.9. The van der Waals surface area contributed by atoms with Crippen molar-refractivity contribution >= 4 is 39.2 Å². The van der Waals surface area contributed by atoms with Crippen molar-refractivity contribution in [2.75, 3.05) is 33.4 Å². The van der Waals surface area contributed by atoms with Crippen LogP contribution in [0.25, 0.3) is 17.2 Å². The molecule has 3 aromatic heterocycles. The quantitative estimate of drug-likeness (QED) is 0.684. The van der Waals surface area contributed by atoms with Crippen molar-refractivity contribution in [2.45, 2.75) is 0 Å². The fraction of sp³-hybridized carbons (Fsp3) is 0.250. The third-order valence-corrected chi connectivity index (χ3v) is 4.15. The maximum atomic E-state index is 12.6. The molecule has 0 fully saturated rings. The summed E-state index contributed by atoms with van der Waals surface area (Å²) in [5.74, 6) is 0.565. The number of likely N-dealkylation sites (N-methyl/N-ethyl adjacent to an activating group) is 2. The molecule has 0 bridgehead atoms. The Morgan fingerprint density at radius 1 is 1.27 bits per heavy atom. The van der Waals surface area contributed by atoms with Crippen LogP contribution in [-0.4, -0.2) is 63.9 Å². The lowest BCUT2D eigenvalue weighted by molar-refractivity contribution is -0.129. The van der Waals surface area contributed by atoms with E-state index in [2.05, 4.69) is 26.0 Å². The van der Waals surface area contributed by atoms with Crippen LogP contribution in [0.15, 0.2) is 33.4 Å². The molecule has 0 unspecified atom stereocenters. The van der Waals surface area contributed by atoms with E-state index in [9.17, 15) is 9.59 Å². The van der Waals surface area contributed by atoms with E-state index >= 15 is 0 Å². The van der Waals surface area contributed by atoms with Gasteiger partial charge in [0.05, 0.1) is 6.54 Å². The molecule has 0 aliphatic carbocycles. The van der Waals surface area contributed by atoms with E-state index in [-0.39, 0.29) is 24.2 Å². The number of halogens is 1. The zero-order chi connectivity index (χ0) is 19.0. The lowest BCUT2D eigenvalue weighted by atomic mass is 10.2. The molecule has 2 N–H and O–H groups in total. The number of nitrogens with two attached hydrogens (primary N) is 1. The third-order valence-electron chi connectivity index (χ3n) is 3.72. The van der Waals surface area contributed by atoms with E-state index in [1.807, 2.05) is 0 Å². The van der Waals surface area contributed by atoms with Gasteiger partial charge in [-0.15, -0.1) is 5.10 Å². The molecule has 0 saturated heterocycles. The summed E-state index contributed by atoms with van der Waals surface area (Å²) < 4.78 is 7.42. The first kappa shape index (κ1) is 17.9. The van der Waals surface area contributed by atoms with Crippen LogP contribution < -0.4 is 5.73 Å². The molecule has 9 nitrogen and oxygen atoms in total. The number of hydrogen-bond donors (Lipinski definition) is 1. The number of nitrogen functional groups attached to an aromatic ring is 1. The van der Waals surface area contributed by atoms with Gasteiger partial charge in [-0.1, -0.05) is 0 Å². The van der Waals surface area contributed by atoms with Crippen molar-refractivity contribution in [3.05, 3.63) is 34.5 Å². The minimum Gasteiger partial charge on any atom is -0.446 e. The highest BCUT2D eigenvalue weighted by Gasteiger charge is 2.19. The number of furan rings is 1.